The van der Waals surface area contributed by atoms with Crippen LogP contribution >= 0.6 is 0 Å². The Balaban J connectivity index is 1.74. The monoisotopic (exact) mass is 364 g/mol. The highest BCUT2D eigenvalue weighted by Gasteiger charge is 2.14. The van der Waals surface area contributed by atoms with Crippen LogP contribution in [-0.4, -0.2) is 18.4 Å². The van der Waals surface area contributed by atoms with Crippen LogP contribution in [0.15, 0.2) is 48.5 Å². The molecule has 1 amide bonds. The number of hydrogen-bond acceptors (Lipinski definition) is 4. The number of hydrogen-bond donors (Lipinski definition) is 1. The molecule has 0 atom stereocenters. The van der Waals surface area contributed by atoms with Gasteiger partial charge in [-0.1, -0.05) is 45.0 Å². The lowest BCUT2D eigenvalue weighted by Gasteiger charge is -2.19. The van der Waals surface area contributed by atoms with E-state index >= 15 is 0 Å². The van der Waals surface area contributed by atoms with Crippen LogP contribution < -0.4 is 5.32 Å². The van der Waals surface area contributed by atoms with Crippen LogP contribution in [0.2, 0.25) is 0 Å². The number of rotatable bonds is 6. The van der Waals surface area contributed by atoms with Gasteiger partial charge in [0.2, 0.25) is 0 Å². The predicted octanol–water partition coefficient (Wildman–Crippen LogP) is 3.72. The zero-order chi connectivity index (χ0) is 19.9. The second-order valence-electron chi connectivity index (χ2n) is 7.30. The largest absolute Gasteiger partial charge is 0.461 e. The predicted molar refractivity (Wildman–Crippen MR) is 103 cm³/mol. The highest BCUT2D eigenvalue weighted by molar-refractivity contribution is 5.94. The van der Waals surface area contributed by atoms with Crippen LogP contribution in [0, 0.1) is 11.3 Å². The average Bonchev–Trinajstić information content (AvgIpc) is 2.66. The number of nitrogens with zero attached hydrogens (tertiary/aromatic N) is 1. The second-order valence-corrected chi connectivity index (χ2v) is 7.30. The van der Waals surface area contributed by atoms with E-state index in [4.69, 9.17) is 10.00 Å². The number of nitrogens with one attached hydrogen (secondary N) is 1. The van der Waals surface area contributed by atoms with Gasteiger partial charge in [-0.15, -0.1) is 0 Å². The Hall–Kier alpha value is -3.13. The molecule has 0 heterocycles. The number of esters is 1. The van der Waals surface area contributed by atoms with Crippen LogP contribution in [-0.2, 0) is 21.6 Å². The number of carbonyl (C=O) groups excluding carboxylic acids is 2. The summed E-state index contributed by atoms with van der Waals surface area (Å²) in [6, 6.07) is 16.3. The molecule has 0 aliphatic carbocycles. The van der Waals surface area contributed by atoms with Crippen LogP contribution in [0.1, 0.15) is 54.2 Å². The standard InChI is InChI=1S/C22H24N2O3/c1-22(2,3)19-10-8-18(9-11-19)21(26)24-13-12-20(25)27-15-17-6-4-16(14-23)5-7-17/h4-11H,12-13,15H2,1-3H3,(H,24,26). The Kier molecular flexibility index (Phi) is 6.73. The summed E-state index contributed by atoms with van der Waals surface area (Å²) in [5, 5.41) is 11.5. The Morgan fingerprint density at radius 2 is 1.67 bits per heavy atom. The minimum Gasteiger partial charge on any atom is -0.461 e. The van der Waals surface area contributed by atoms with Crippen LogP contribution in [0.3, 0.4) is 0 Å². The quantitative estimate of drug-likeness (QED) is 0.792. The Labute approximate surface area is 160 Å². The van der Waals surface area contributed by atoms with Crippen LogP contribution in [0.5, 0.6) is 0 Å². The van der Waals surface area contributed by atoms with E-state index in [1.807, 2.05) is 18.2 Å². The van der Waals surface area contributed by atoms with Crippen molar-refractivity contribution in [1.29, 1.82) is 5.26 Å². The van der Waals surface area contributed by atoms with Crippen molar-refractivity contribution in [2.24, 2.45) is 0 Å². The van der Waals surface area contributed by atoms with Gasteiger partial charge >= 0.3 is 5.97 Å². The molecule has 0 aliphatic rings. The fourth-order valence-electron chi connectivity index (χ4n) is 2.41. The molecule has 0 spiro atoms. The van der Waals surface area contributed by atoms with Gasteiger partial charge < -0.3 is 10.1 Å². The van der Waals surface area contributed by atoms with Crippen molar-refractivity contribution in [2.75, 3.05) is 6.54 Å². The molecule has 0 aliphatic heterocycles. The van der Waals surface area contributed by atoms with Crippen LogP contribution in [0.4, 0.5) is 0 Å². The van der Waals surface area contributed by atoms with Gasteiger partial charge in [-0.25, -0.2) is 0 Å². The third kappa shape index (κ3) is 6.27. The zero-order valence-electron chi connectivity index (χ0n) is 15.9. The third-order valence-electron chi connectivity index (χ3n) is 4.11. The van der Waals surface area contributed by atoms with Crippen molar-refractivity contribution >= 4 is 11.9 Å². The molecule has 0 fully saturated rings. The molecule has 0 saturated carbocycles. The first kappa shape index (κ1) is 20.2. The maximum Gasteiger partial charge on any atom is 0.307 e. The van der Waals surface area contributed by atoms with Crippen molar-refractivity contribution in [3.8, 4) is 6.07 Å². The summed E-state index contributed by atoms with van der Waals surface area (Å²) in [4.78, 5) is 23.9. The van der Waals surface area contributed by atoms with Gasteiger partial charge in [0.05, 0.1) is 18.1 Å². The van der Waals surface area contributed by atoms with Gasteiger partial charge in [-0.05, 0) is 40.8 Å². The second kappa shape index (κ2) is 9.00. The normalized spacial score (nSPS) is 10.7. The first-order valence-electron chi connectivity index (χ1n) is 8.83. The Morgan fingerprint density at radius 3 is 2.22 bits per heavy atom. The molecule has 5 heteroatoms. The van der Waals surface area contributed by atoms with Gasteiger partial charge in [0, 0.05) is 12.1 Å². The van der Waals surface area contributed by atoms with Crippen molar-refractivity contribution in [3.63, 3.8) is 0 Å². The molecule has 2 aromatic carbocycles. The molecule has 0 radical (unpaired) electrons. The lowest BCUT2D eigenvalue weighted by molar-refractivity contribution is -0.144. The summed E-state index contributed by atoms with van der Waals surface area (Å²) < 4.78 is 5.17. The molecule has 0 bridgehead atoms. The van der Waals surface area contributed by atoms with Crippen molar-refractivity contribution in [3.05, 3.63) is 70.8 Å². The first-order valence-corrected chi connectivity index (χ1v) is 8.83. The van der Waals surface area contributed by atoms with Gasteiger partial charge in [0.15, 0.2) is 0 Å². The van der Waals surface area contributed by atoms with Gasteiger partial charge in [0.25, 0.3) is 5.91 Å². The van der Waals surface area contributed by atoms with Crippen LogP contribution in [0.25, 0.3) is 0 Å². The highest BCUT2D eigenvalue weighted by Crippen LogP contribution is 2.22. The molecular formula is C22H24N2O3. The van der Waals surface area contributed by atoms with Crippen molar-refractivity contribution < 1.29 is 14.3 Å². The Morgan fingerprint density at radius 1 is 1.04 bits per heavy atom. The fourth-order valence-corrected chi connectivity index (χ4v) is 2.41. The highest BCUT2D eigenvalue weighted by atomic mass is 16.5. The van der Waals surface area contributed by atoms with E-state index in [2.05, 4.69) is 26.1 Å². The Bertz CT molecular complexity index is 826. The van der Waals surface area contributed by atoms with Gasteiger partial charge in [-0.3, -0.25) is 9.59 Å². The van der Waals surface area contributed by atoms with Gasteiger partial charge in [0.1, 0.15) is 6.61 Å². The van der Waals surface area contributed by atoms with E-state index in [1.165, 1.54) is 0 Å². The first-order chi connectivity index (χ1) is 12.8. The topological polar surface area (TPSA) is 79.2 Å². The maximum atomic E-state index is 12.1. The molecule has 140 valence electrons. The van der Waals surface area contributed by atoms with E-state index < -0.39 is 0 Å². The summed E-state index contributed by atoms with van der Waals surface area (Å²) >= 11 is 0. The fraction of sp³-hybridized carbons (Fsp3) is 0.318. The van der Waals surface area contributed by atoms with Crippen molar-refractivity contribution in [2.45, 2.75) is 39.2 Å². The van der Waals surface area contributed by atoms with Gasteiger partial charge in [-0.2, -0.15) is 5.26 Å². The number of amides is 1. The summed E-state index contributed by atoms with van der Waals surface area (Å²) in [7, 11) is 0. The van der Waals surface area contributed by atoms with E-state index in [0.29, 0.717) is 11.1 Å². The smallest absolute Gasteiger partial charge is 0.307 e. The zero-order valence-corrected chi connectivity index (χ0v) is 15.9. The van der Waals surface area contributed by atoms with E-state index in [1.54, 1.807) is 36.4 Å². The summed E-state index contributed by atoms with van der Waals surface area (Å²) in [6.07, 6.45) is 0.0993. The summed E-state index contributed by atoms with van der Waals surface area (Å²) in [6.45, 7) is 6.71. The number of nitriles is 1. The average molecular weight is 364 g/mol. The molecular weight excluding hydrogens is 340 g/mol. The summed E-state index contributed by atoms with van der Waals surface area (Å²) in [5.41, 5.74) is 3.13. The lowest BCUT2D eigenvalue weighted by Crippen LogP contribution is -2.26. The molecule has 5 nitrogen and oxygen atoms in total. The molecule has 27 heavy (non-hydrogen) atoms. The number of benzene rings is 2. The van der Waals surface area contributed by atoms with E-state index in [-0.39, 0.29) is 36.9 Å². The molecule has 0 saturated heterocycles. The number of ether oxygens (including phenoxy) is 1. The third-order valence-corrected chi connectivity index (χ3v) is 4.11. The maximum absolute atomic E-state index is 12.1. The minimum atomic E-state index is -0.386. The SMILES string of the molecule is CC(C)(C)c1ccc(C(=O)NCCC(=O)OCc2ccc(C#N)cc2)cc1. The van der Waals surface area contributed by atoms with E-state index in [9.17, 15) is 9.59 Å². The minimum absolute atomic E-state index is 0.0354. The summed E-state index contributed by atoms with van der Waals surface area (Å²) in [5.74, 6) is -0.599. The molecule has 0 unspecified atom stereocenters. The molecule has 1 N–H and O–H groups in total. The number of carbonyl (C=O) groups is 2. The molecule has 2 rings (SSSR count). The van der Waals surface area contributed by atoms with E-state index in [0.717, 1.165) is 11.1 Å². The van der Waals surface area contributed by atoms with Crippen molar-refractivity contribution in [1.82, 2.24) is 5.32 Å². The lowest BCUT2D eigenvalue weighted by atomic mass is 9.87. The molecule has 0 aromatic heterocycles. The molecule has 2 aromatic rings.